The van der Waals surface area contributed by atoms with E-state index in [2.05, 4.69) is 37.4 Å². The second-order valence-corrected chi connectivity index (χ2v) is 6.47. The Balaban J connectivity index is 1.78. The molecule has 28 heavy (non-hydrogen) atoms. The van der Waals surface area contributed by atoms with Crippen molar-refractivity contribution in [2.24, 2.45) is 0 Å². The number of aromatic nitrogens is 7. The van der Waals surface area contributed by atoms with Gasteiger partial charge >= 0.3 is 0 Å². The highest BCUT2D eigenvalue weighted by atomic mass is 19.1. The number of hydrogen-bond donors (Lipinski definition) is 1. The van der Waals surface area contributed by atoms with E-state index in [-0.39, 0.29) is 5.82 Å². The van der Waals surface area contributed by atoms with Crippen LogP contribution in [0.1, 0.15) is 44.2 Å². The summed E-state index contributed by atoms with van der Waals surface area (Å²) in [4.78, 5) is 4.13. The Hall–Kier alpha value is -3.36. The number of H-pyrrole nitrogens is 1. The van der Waals surface area contributed by atoms with Gasteiger partial charge in [-0.2, -0.15) is 9.61 Å². The molecule has 4 rings (SSSR count). The molecule has 0 aliphatic carbocycles. The Bertz CT molecular complexity index is 1080. The van der Waals surface area contributed by atoms with Crippen LogP contribution in [0.25, 0.3) is 17.0 Å². The van der Waals surface area contributed by atoms with Crippen molar-refractivity contribution in [3.05, 3.63) is 53.9 Å². The monoisotopic (exact) mass is 381 g/mol. The van der Waals surface area contributed by atoms with Crippen molar-refractivity contribution in [3.8, 4) is 17.3 Å². The molecule has 1 unspecified atom stereocenters. The van der Waals surface area contributed by atoms with Gasteiger partial charge < -0.3 is 4.74 Å². The summed E-state index contributed by atoms with van der Waals surface area (Å²) in [7, 11) is 0. The van der Waals surface area contributed by atoms with E-state index in [9.17, 15) is 4.39 Å². The van der Waals surface area contributed by atoms with Gasteiger partial charge in [0.1, 0.15) is 12.1 Å². The number of benzene rings is 1. The first-order valence-electron chi connectivity index (χ1n) is 9.20. The van der Waals surface area contributed by atoms with Crippen LogP contribution in [0, 0.1) is 5.82 Å². The van der Waals surface area contributed by atoms with Crippen molar-refractivity contribution in [2.75, 3.05) is 0 Å². The van der Waals surface area contributed by atoms with Gasteiger partial charge in [-0.15, -0.1) is 15.3 Å². The number of unbranched alkanes of at least 4 members (excludes halogenated alkanes) is 1. The van der Waals surface area contributed by atoms with Gasteiger partial charge in [-0.25, -0.2) is 9.37 Å². The first-order valence-corrected chi connectivity index (χ1v) is 9.20. The smallest absolute Gasteiger partial charge is 0.235 e. The third-order valence-corrected chi connectivity index (χ3v) is 4.43. The summed E-state index contributed by atoms with van der Waals surface area (Å²) < 4.78 is 21.8. The van der Waals surface area contributed by atoms with E-state index in [4.69, 9.17) is 4.74 Å². The van der Waals surface area contributed by atoms with Crippen LogP contribution in [-0.4, -0.2) is 35.0 Å². The summed E-state index contributed by atoms with van der Waals surface area (Å²) in [6, 6.07) is 8.30. The highest BCUT2D eigenvalue weighted by molar-refractivity contribution is 5.60. The molecule has 144 valence electrons. The largest absolute Gasteiger partial charge is 0.465 e. The van der Waals surface area contributed by atoms with E-state index in [0.717, 1.165) is 24.8 Å². The average molecular weight is 381 g/mol. The van der Waals surface area contributed by atoms with Crippen LogP contribution in [0.2, 0.25) is 0 Å². The zero-order chi connectivity index (χ0) is 19.5. The molecule has 1 aromatic carbocycles. The zero-order valence-corrected chi connectivity index (χ0v) is 15.6. The highest BCUT2D eigenvalue weighted by Crippen LogP contribution is 2.27. The maximum atomic E-state index is 14.3. The van der Waals surface area contributed by atoms with E-state index < -0.39 is 6.10 Å². The number of nitrogens with one attached hydrogen (secondary N) is 1. The fraction of sp³-hybridized carbons (Fsp3) is 0.316. The second-order valence-electron chi connectivity index (χ2n) is 6.47. The Morgan fingerprint density at radius 3 is 2.86 bits per heavy atom. The number of ether oxygens (including phenoxy) is 1. The van der Waals surface area contributed by atoms with Crippen LogP contribution < -0.4 is 4.74 Å². The Morgan fingerprint density at radius 2 is 2.11 bits per heavy atom. The predicted octanol–water partition coefficient (Wildman–Crippen LogP) is 3.53. The van der Waals surface area contributed by atoms with Gasteiger partial charge in [0.15, 0.2) is 23.4 Å². The summed E-state index contributed by atoms with van der Waals surface area (Å²) >= 11 is 0. The molecule has 0 fully saturated rings. The molecule has 1 atom stereocenters. The summed E-state index contributed by atoms with van der Waals surface area (Å²) in [5.41, 5.74) is 1.79. The van der Waals surface area contributed by atoms with Crippen LogP contribution >= 0.6 is 0 Å². The van der Waals surface area contributed by atoms with Crippen molar-refractivity contribution in [1.29, 1.82) is 0 Å². The van der Waals surface area contributed by atoms with Crippen molar-refractivity contribution in [2.45, 2.75) is 39.2 Å². The number of nitrogens with zero attached hydrogens (tertiary/aromatic N) is 6. The minimum absolute atomic E-state index is 0.325. The van der Waals surface area contributed by atoms with E-state index in [1.54, 1.807) is 18.2 Å². The fourth-order valence-corrected chi connectivity index (χ4v) is 2.94. The van der Waals surface area contributed by atoms with E-state index in [1.807, 2.05) is 13.0 Å². The van der Waals surface area contributed by atoms with Crippen LogP contribution in [0.5, 0.6) is 5.88 Å². The molecule has 0 bridgehead atoms. The van der Waals surface area contributed by atoms with Gasteiger partial charge in [-0.05, 0) is 38.0 Å². The molecule has 0 saturated carbocycles. The average Bonchev–Trinajstić information content (AvgIpc) is 3.36. The molecule has 9 heteroatoms. The van der Waals surface area contributed by atoms with Crippen molar-refractivity contribution < 1.29 is 9.13 Å². The molecule has 1 N–H and O–H groups in total. The van der Waals surface area contributed by atoms with Crippen molar-refractivity contribution in [1.82, 2.24) is 35.0 Å². The molecule has 3 heterocycles. The molecule has 0 aliphatic rings. The van der Waals surface area contributed by atoms with Crippen LogP contribution in [-0.2, 0) is 6.42 Å². The molecule has 4 aromatic rings. The number of halogens is 1. The maximum absolute atomic E-state index is 14.3. The number of aryl methyl sites for hydroxylation is 1. The molecular weight excluding hydrogens is 361 g/mol. The molecule has 3 aromatic heterocycles. The van der Waals surface area contributed by atoms with Gasteiger partial charge in [0.25, 0.3) is 0 Å². The van der Waals surface area contributed by atoms with Gasteiger partial charge in [0.05, 0.1) is 5.56 Å². The van der Waals surface area contributed by atoms with Crippen LogP contribution in [0.4, 0.5) is 4.39 Å². The van der Waals surface area contributed by atoms with Crippen LogP contribution in [0.3, 0.4) is 0 Å². The molecule has 0 amide bonds. The van der Waals surface area contributed by atoms with Crippen molar-refractivity contribution >= 4 is 5.65 Å². The normalized spacial score (nSPS) is 12.4. The molecule has 0 radical (unpaired) electrons. The standard InChI is InChI=1S/C19H20FN7O/c1-3-4-7-13-10-16-23-25-18(14-8-5-6-9-15(14)20)27(16)26-19(13)28-12(2)17-21-11-22-24-17/h5-6,8-12H,3-4,7H2,1-2H3,(H,21,22,24). The van der Waals surface area contributed by atoms with Crippen molar-refractivity contribution in [3.63, 3.8) is 0 Å². The third-order valence-electron chi connectivity index (χ3n) is 4.43. The number of aromatic amines is 1. The molecule has 0 spiro atoms. The number of fused-ring (bicyclic) bond motifs is 1. The lowest BCUT2D eigenvalue weighted by atomic mass is 10.1. The third kappa shape index (κ3) is 3.42. The fourth-order valence-electron chi connectivity index (χ4n) is 2.94. The number of hydrogen-bond acceptors (Lipinski definition) is 6. The lowest BCUT2D eigenvalue weighted by Crippen LogP contribution is -2.10. The van der Waals surface area contributed by atoms with Crippen LogP contribution in [0.15, 0.2) is 36.7 Å². The minimum Gasteiger partial charge on any atom is -0.465 e. The van der Waals surface area contributed by atoms with E-state index in [1.165, 1.54) is 16.9 Å². The first kappa shape index (κ1) is 18.0. The molecule has 8 nitrogen and oxygen atoms in total. The summed E-state index contributed by atoms with van der Waals surface area (Å²) in [6.45, 7) is 3.97. The van der Waals surface area contributed by atoms with E-state index >= 15 is 0 Å². The summed E-state index contributed by atoms with van der Waals surface area (Å²) in [5, 5.41) is 19.7. The first-order chi connectivity index (χ1) is 13.7. The molecule has 0 aliphatic heterocycles. The number of rotatable bonds is 7. The molecular formula is C19H20FN7O. The molecule has 0 saturated heterocycles. The van der Waals surface area contributed by atoms with Gasteiger partial charge in [-0.3, -0.25) is 5.10 Å². The Morgan fingerprint density at radius 1 is 1.25 bits per heavy atom. The quantitative estimate of drug-likeness (QED) is 0.526. The minimum atomic E-state index is -0.398. The lowest BCUT2D eigenvalue weighted by molar-refractivity contribution is 0.202. The summed E-state index contributed by atoms with van der Waals surface area (Å²) in [5.74, 6) is 0.910. The Labute approximate surface area is 160 Å². The van der Waals surface area contributed by atoms with Gasteiger partial charge in [-0.1, -0.05) is 25.5 Å². The van der Waals surface area contributed by atoms with Gasteiger partial charge in [0.2, 0.25) is 5.88 Å². The SMILES string of the molecule is CCCCc1cc2nnc(-c3ccccc3F)n2nc1OC(C)c1nc[nH]n1. The topological polar surface area (TPSA) is 93.9 Å². The lowest BCUT2D eigenvalue weighted by Gasteiger charge is -2.14. The Kier molecular flexibility index (Phi) is 4.96. The maximum Gasteiger partial charge on any atom is 0.235 e. The summed E-state index contributed by atoms with van der Waals surface area (Å²) in [6.07, 6.45) is 3.91. The highest BCUT2D eigenvalue weighted by Gasteiger charge is 2.19. The predicted molar refractivity (Wildman–Crippen MR) is 100 cm³/mol. The van der Waals surface area contributed by atoms with Gasteiger partial charge in [0, 0.05) is 5.56 Å². The second kappa shape index (κ2) is 7.71. The van der Waals surface area contributed by atoms with E-state index in [0.29, 0.717) is 28.7 Å². The zero-order valence-electron chi connectivity index (χ0n) is 15.6.